The fraction of sp³-hybridized carbons (Fsp3) is 0.200. The van der Waals surface area contributed by atoms with Crippen LogP contribution < -0.4 is 4.74 Å². The van der Waals surface area contributed by atoms with Crippen molar-refractivity contribution in [2.75, 3.05) is 0 Å². The summed E-state index contributed by atoms with van der Waals surface area (Å²) < 4.78 is 65.6. The highest BCUT2D eigenvalue weighted by molar-refractivity contribution is 5.89. The van der Waals surface area contributed by atoms with Crippen molar-refractivity contribution in [1.29, 1.82) is 5.26 Å². The molecule has 19 heavy (non-hydrogen) atoms. The number of alkyl halides is 5. The zero-order chi connectivity index (χ0) is 14.8. The van der Waals surface area contributed by atoms with Gasteiger partial charge in [0.2, 0.25) is 0 Å². The van der Waals surface area contributed by atoms with Gasteiger partial charge in [0.1, 0.15) is 17.4 Å². The molecule has 0 amide bonds. The molecule has 0 spiro atoms. The summed E-state index contributed by atoms with van der Waals surface area (Å²) in [6.07, 6.45) is -5.07. The van der Waals surface area contributed by atoms with Crippen LogP contribution >= 0.6 is 0 Å². The highest BCUT2D eigenvalue weighted by Gasteiger charge is 2.36. The van der Waals surface area contributed by atoms with E-state index in [2.05, 4.69) is 4.74 Å². The van der Waals surface area contributed by atoms with Crippen LogP contribution in [0.1, 0.15) is 21.5 Å². The lowest BCUT2D eigenvalue weighted by molar-refractivity contribution is -0.138. The van der Waals surface area contributed by atoms with Crippen LogP contribution in [0.5, 0.6) is 5.75 Å². The van der Waals surface area contributed by atoms with Gasteiger partial charge in [-0.2, -0.15) is 27.2 Å². The molecule has 0 aromatic heterocycles. The van der Waals surface area contributed by atoms with Gasteiger partial charge in [-0.15, -0.1) is 0 Å². The summed E-state index contributed by atoms with van der Waals surface area (Å²) >= 11 is 0. The fourth-order valence-electron chi connectivity index (χ4n) is 1.27. The molecule has 1 aromatic carbocycles. The Labute approximate surface area is 102 Å². The number of halogens is 5. The first kappa shape index (κ1) is 14.7. The van der Waals surface area contributed by atoms with Crippen LogP contribution in [0.25, 0.3) is 0 Å². The highest BCUT2D eigenvalue weighted by atomic mass is 19.4. The fourth-order valence-corrected chi connectivity index (χ4v) is 1.27. The van der Waals surface area contributed by atoms with Gasteiger partial charge in [-0.3, -0.25) is 0 Å². The van der Waals surface area contributed by atoms with E-state index in [0.29, 0.717) is 6.07 Å². The van der Waals surface area contributed by atoms with Crippen LogP contribution in [0.15, 0.2) is 12.1 Å². The molecule has 0 saturated heterocycles. The molecular formula is C10H4F5NO3. The molecule has 0 aliphatic carbocycles. The van der Waals surface area contributed by atoms with E-state index >= 15 is 0 Å². The lowest BCUT2D eigenvalue weighted by Crippen LogP contribution is -2.13. The standard InChI is InChI=1S/C10H4F5NO3/c11-9(12)19-7-2-4(8(17)18)1-6(5(7)3-16)10(13,14)15/h1-2,9H,(H,17,18). The first-order valence-electron chi connectivity index (χ1n) is 4.50. The van der Waals surface area contributed by atoms with Gasteiger partial charge in [-0.05, 0) is 12.1 Å². The van der Waals surface area contributed by atoms with Gasteiger partial charge in [0.15, 0.2) is 0 Å². The van der Waals surface area contributed by atoms with E-state index < -0.39 is 41.2 Å². The molecule has 0 heterocycles. The number of benzene rings is 1. The third kappa shape index (κ3) is 3.31. The molecule has 0 fully saturated rings. The zero-order valence-electron chi connectivity index (χ0n) is 8.83. The van der Waals surface area contributed by atoms with Gasteiger partial charge in [0.05, 0.1) is 11.1 Å². The lowest BCUT2D eigenvalue weighted by atomic mass is 10.0. The number of carbonyl (C=O) groups is 1. The summed E-state index contributed by atoms with van der Waals surface area (Å²) in [5.74, 6) is -2.90. The smallest absolute Gasteiger partial charge is 0.417 e. The Morgan fingerprint density at radius 3 is 2.32 bits per heavy atom. The van der Waals surface area contributed by atoms with E-state index in [4.69, 9.17) is 10.4 Å². The van der Waals surface area contributed by atoms with Crippen LogP contribution in [0, 0.1) is 11.3 Å². The SMILES string of the molecule is N#Cc1c(OC(F)F)cc(C(=O)O)cc1C(F)(F)F. The van der Waals surface area contributed by atoms with Gasteiger partial charge in [-0.1, -0.05) is 0 Å². The van der Waals surface area contributed by atoms with Crippen molar-refractivity contribution in [1.82, 2.24) is 0 Å². The van der Waals surface area contributed by atoms with Crippen molar-refractivity contribution < 1.29 is 36.6 Å². The van der Waals surface area contributed by atoms with Gasteiger partial charge in [-0.25, -0.2) is 4.79 Å². The van der Waals surface area contributed by atoms with Gasteiger partial charge < -0.3 is 9.84 Å². The minimum absolute atomic E-state index is 0.180. The van der Waals surface area contributed by atoms with E-state index in [1.54, 1.807) is 0 Å². The van der Waals surface area contributed by atoms with Crippen LogP contribution in [0.3, 0.4) is 0 Å². The maximum atomic E-state index is 12.6. The number of hydrogen-bond acceptors (Lipinski definition) is 3. The molecule has 0 aliphatic heterocycles. The average molecular weight is 281 g/mol. The zero-order valence-corrected chi connectivity index (χ0v) is 8.83. The Morgan fingerprint density at radius 2 is 1.95 bits per heavy atom. The number of ether oxygens (including phenoxy) is 1. The van der Waals surface area contributed by atoms with Crippen molar-refractivity contribution in [3.8, 4) is 11.8 Å². The summed E-state index contributed by atoms with van der Waals surface area (Å²) in [6, 6.07) is 1.68. The van der Waals surface area contributed by atoms with Crippen molar-refractivity contribution in [2.45, 2.75) is 12.8 Å². The molecule has 0 unspecified atom stereocenters. The summed E-state index contributed by atoms with van der Waals surface area (Å²) in [7, 11) is 0. The highest BCUT2D eigenvalue weighted by Crippen LogP contribution is 2.37. The molecule has 102 valence electrons. The molecule has 0 aliphatic rings. The molecular weight excluding hydrogens is 277 g/mol. The van der Waals surface area contributed by atoms with E-state index in [0.717, 1.165) is 6.07 Å². The van der Waals surface area contributed by atoms with E-state index in [-0.39, 0.29) is 6.07 Å². The Kier molecular flexibility index (Phi) is 3.94. The van der Waals surface area contributed by atoms with E-state index in [1.807, 2.05) is 0 Å². The number of aromatic carboxylic acids is 1. The Hall–Kier alpha value is -2.37. The maximum Gasteiger partial charge on any atom is 0.417 e. The molecule has 0 bridgehead atoms. The minimum Gasteiger partial charge on any atom is -0.478 e. The number of nitriles is 1. The normalized spacial score (nSPS) is 11.2. The largest absolute Gasteiger partial charge is 0.478 e. The van der Waals surface area contributed by atoms with Crippen LogP contribution in [0.2, 0.25) is 0 Å². The number of hydrogen-bond donors (Lipinski definition) is 1. The summed E-state index contributed by atoms with van der Waals surface area (Å²) in [5.41, 5.74) is -3.76. The quantitative estimate of drug-likeness (QED) is 0.865. The molecule has 4 nitrogen and oxygen atoms in total. The van der Waals surface area contributed by atoms with Crippen molar-refractivity contribution >= 4 is 5.97 Å². The number of rotatable bonds is 3. The average Bonchev–Trinajstić information content (AvgIpc) is 2.25. The lowest BCUT2D eigenvalue weighted by Gasteiger charge is -2.14. The number of carboxylic acid groups (broad SMARTS) is 1. The second-order valence-corrected chi connectivity index (χ2v) is 3.19. The first-order valence-corrected chi connectivity index (χ1v) is 4.50. The van der Waals surface area contributed by atoms with Crippen molar-refractivity contribution in [3.05, 3.63) is 28.8 Å². The van der Waals surface area contributed by atoms with E-state index in [1.165, 1.54) is 0 Å². The molecule has 0 atom stereocenters. The molecule has 0 radical (unpaired) electrons. The second kappa shape index (κ2) is 5.09. The number of nitrogens with zero attached hydrogens (tertiary/aromatic N) is 1. The molecule has 1 aromatic rings. The Morgan fingerprint density at radius 1 is 1.37 bits per heavy atom. The third-order valence-corrected chi connectivity index (χ3v) is 1.98. The topological polar surface area (TPSA) is 70.3 Å². The van der Waals surface area contributed by atoms with Gasteiger partial charge >= 0.3 is 18.8 Å². The summed E-state index contributed by atoms with van der Waals surface area (Å²) in [4.78, 5) is 10.6. The summed E-state index contributed by atoms with van der Waals surface area (Å²) in [5, 5.41) is 17.2. The monoisotopic (exact) mass is 281 g/mol. The van der Waals surface area contributed by atoms with E-state index in [9.17, 15) is 26.7 Å². The predicted molar refractivity (Wildman–Crippen MR) is 49.8 cm³/mol. The van der Waals surface area contributed by atoms with Gasteiger partial charge in [0, 0.05) is 0 Å². The molecule has 9 heteroatoms. The molecule has 0 saturated carbocycles. The van der Waals surface area contributed by atoms with Crippen molar-refractivity contribution in [2.24, 2.45) is 0 Å². The van der Waals surface area contributed by atoms with Crippen molar-refractivity contribution in [3.63, 3.8) is 0 Å². The third-order valence-electron chi connectivity index (χ3n) is 1.98. The second-order valence-electron chi connectivity index (χ2n) is 3.19. The molecule has 1 N–H and O–H groups in total. The first-order chi connectivity index (χ1) is 8.66. The maximum absolute atomic E-state index is 12.6. The van der Waals surface area contributed by atoms with Gasteiger partial charge in [0.25, 0.3) is 0 Å². The predicted octanol–water partition coefficient (Wildman–Crippen LogP) is 2.88. The van der Waals surface area contributed by atoms with Crippen LogP contribution in [-0.4, -0.2) is 17.7 Å². The van der Waals surface area contributed by atoms with Crippen LogP contribution in [-0.2, 0) is 6.18 Å². The Bertz CT molecular complexity index is 547. The molecule has 1 rings (SSSR count). The summed E-state index contributed by atoms with van der Waals surface area (Å²) in [6.45, 7) is -3.49. The minimum atomic E-state index is -5.07. The number of carboxylic acids is 1. The Balaban J connectivity index is 3.57. The van der Waals surface area contributed by atoms with Crippen LogP contribution in [0.4, 0.5) is 22.0 Å².